The van der Waals surface area contributed by atoms with Gasteiger partial charge in [-0.05, 0) is 39.1 Å². The zero-order valence-corrected chi connectivity index (χ0v) is 16.9. The number of aromatic amines is 1. The van der Waals surface area contributed by atoms with E-state index in [2.05, 4.69) is 11.9 Å². The fourth-order valence-corrected chi connectivity index (χ4v) is 3.31. The van der Waals surface area contributed by atoms with E-state index >= 15 is 0 Å². The highest BCUT2D eigenvalue weighted by atomic mass is 19.1. The van der Waals surface area contributed by atoms with Gasteiger partial charge < -0.3 is 14.6 Å². The second kappa shape index (κ2) is 11.1. The number of carbonyl (C=O) groups is 1. The molecule has 0 aliphatic heterocycles. The van der Waals surface area contributed by atoms with E-state index in [1.807, 2.05) is 25.1 Å². The van der Waals surface area contributed by atoms with Crippen molar-refractivity contribution in [3.63, 3.8) is 0 Å². The minimum Gasteiger partial charge on any atom is -0.426 e. The number of nitrogens with zero attached hydrogens (tertiary/aromatic N) is 1. The zero-order valence-electron chi connectivity index (χ0n) is 16.9. The summed E-state index contributed by atoms with van der Waals surface area (Å²) in [5.41, 5.74) is 1.25. The van der Waals surface area contributed by atoms with Crippen LogP contribution in [0.15, 0.2) is 18.2 Å². The van der Waals surface area contributed by atoms with E-state index in [4.69, 9.17) is 4.74 Å². The molecule has 2 aromatic rings. The summed E-state index contributed by atoms with van der Waals surface area (Å²) >= 11 is 0. The largest absolute Gasteiger partial charge is 0.426 e. The third kappa shape index (κ3) is 6.65. The van der Waals surface area contributed by atoms with Crippen molar-refractivity contribution >= 4 is 16.9 Å². The molecule has 27 heavy (non-hydrogen) atoms. The third-order valence-electron chi connectivity index (χ3n) is 4.85. The number of esters is 1. The number of hydrogen-bond acceptors (Lipinski definition) is 3. The number of ether oxygens (including phenoxy) is 1. The molecule has 0 unspecified atom stereocenters. The van der Waals surface area contributed by atoms with Gasteiger partial charge >= 0.3 is 5.97 Å². The number of likely N-dealkylation sites (N-methyl/N-ethyl adjacent to an activating group) is 1. The fourth-order valence-electron chi connectivity index (χ4n) is 3.31. The van der Waals surface area contributed by atoms with Gasteiger partial charge in [0.25, 0.3) is 0 Å². The van der Waals surface area contributed by atoms with Crippen LogP contribution in [0.1, 0.15) is 63.9 Å². The first-order valence-electron chi connectivity index (χ1n) is 10.2. The molecule has 1 heterocycles. The molecule has 5 heteroatoms. The summed E-state index contributed by atoms with van der Waals surface area (Å²) in [5.74, 6) is -0.131. The second-order valence-electron chi connectivity index (χ2n) is 7.49. The molecule has 0 bridgehead atoms. The van der Waals surface area contributed by atoms with Gasteiger partial charge in [-0.15, -0.1) is 0 Å². The number of H-pyrrole nitrogens is 1. The Labute approximate surface area is 162 Å². The number of hydrogen-bond donors (Lipinski definition) is 1. The van der Waals surface area contributed by atoms with Crippen molar-refractivity contribution in [2.75, 3.05) is 20.6 Å². The van der Waals surface area contributed by atoms with Crippen LogP contribution >= 0.6 is 0 Å². The molecule has 1 aromatic heterocycles. The summed E-state index contributed by atoms with van der Waals surface area (Å²) in [4.78, 5) is 17.0. The van der Waals surface area contributed by atoms with Crippen molar-refractivity contribution in [3.05, 3.63) is 29.7 Å². The van der Waals surface area contributed by atoms with Crippen LogP contribution < -0.4 is 4.74 Å². The highest BCUT2D eigenvalue weighted by Gasteiger charge is 2.17. The Morgan fingerprint density at radius 3 is 2.52 bits per heavy atom. The minimum atomic E-state index is -0.345. The molecule has 0 saturated heterocycles. The van der Waals surface area contributed by atoms with Crippen LogP contribution in [0.5, 0.6) is 5.75 Å². The van der Waals surface area contributed by atoms with Crippen LogP contribution in [0.3, 0.4) is 0 Å². The highest BCUT2D eigenvalue weighted by molar-refractivity contribution is 5.91. The maximum absolute atomic E-state index is 14.3. The minimum absolute atomic E-state index is 0.240. The zero-order chi connectivity index (χ0) is 19.6. The molecule has 0 radical (unpaired) electrons. The first kappa shape index (κ1) is 21.4. The van der Waals surface area contributed by atoms with Gasteiger partial charge in [-0.1, -0.05) is 51.5 Å². The average Bonchev–Trinajstić information content (AvgIpc) is 2.95. The summed E-state index contributed by atoms with van der Waals surface area (Å²) in [6, 6.07) is 5.34. The molecule has 0 fully saturated rings. The van der Waals surface area contributed by atoms with Gasteiger partial charge in [0.05, 0.1) is 5.52 Å². The molecular weight excluding hydrogens is 343 g/mol. The first-order valence-corrected chi connectivity index (χ1v) is 10.2. The SMILES string of the molecule is CCCCCCCCCC(=O)Oc1cccc2[nH]c(F)c(CCN(C)C)c12. The van der Waals surface area contributed by atoms with Crippen molar-refractivity contribution in [1.29, 1.82) is 0 Å². The van der Waals surface area contributed by atoms with Crippen LogP contribution in [0.4, 0.5) is 4.39 Å². The van der Waals surface area contributed by atoms with Crippen molar-refractivity contribution in [2.24, 2.45) is 0 Å². The summed E-state index contributed by atoms with van der Waals surface area (Å²) in [6.07, 6.45) is 9.07. The molecular formula is C22H33FN2O2. The molecule has 4 nitrogen and oxygen atoms in total. The predicted octanol–water partition coefficient (Wildman–Crippen LogP) is 5.46. The number of halogens is 1. The van der Waals surface area contributed by atoms with E-state index < -0.39 is 0 Å². The number of benzene rings is 1. The molecule has 0 saturated carbocycles. The van der Waals surface area contributed by atoms with Crippen LogP contribution in [-0.4, -0.2) is 36.5 Å². The van der Waals surface area contributed by atoms with E-state index in [-0.39, 0.29) is 11.9 Å². The Balaban J connectivity index is 1.94. The molecule has 1 aromatic carbocycles. The lowest BCUT2D eigenvalue weighted by atomic mass is 10.1. The van der Waals surface area contributed by atoms with E-state index in [1.54, 1.807) is 12.1 Å². The summed E-state index contributed by atoms with van der Waals surface area (Å²) < 4.78 is 19.9. The molecule has 0 spiro atoms. The molecule has 0 amide bonds. The number of carbonyl (C=O) groups excluding carboxylic acids is 1. The lowest BCUT2D eigenvalue weighted by Crippen LogP contribution is -2.15. The normalized spacial score (nSPS) is 11.4. The smallest absolute Gasteiger partial charge is 0.311 e. The molecule has 1 N–H and O–H groups in total. The Morgan fingerprint density at radius 1 is 1.11 bits per heavy atom. The summed E-state index contributed by atoms with van der Waals surface area (Å²) in [5, 5.41) is 0.685. The Morgan fingerprint density at radius 2 is 1.81 bits per heavy atom. The van der Waals surface area contributed by atoms with E-state index in [1.165, 1.54) is 32.1 Å². The summed E-state index contributed by atoms with van der Waals surface area (Å²) in [7, 11) is 3.91. The monoisotopic (exact) mass is 376 g/mol. The first-order chi connectivity index (χ1) is 13.0. The van der Waals surface area contributed by atoms with Crippen LogP contribution in [-0.2, 0) is 11.2 Å². The van der Waals surface area contributed by atoms with Crippen molar-refractivity contribution in [2.45, 2.75) is 64.7 Å². The standard InChI is InChI=1S/C22H33FN2O2/c1-4-5-6-7-8-9-10-14-20(26)27-19-13-11-12-18-21(19)17(22(23)24-18)15-16-25(2)3/h11-13,24H,4-10,14-16H2,1-3H3. The Bertz CT molecular complexity index is 724. The van der Waals surface area contributed by atoms with Gasteiger partial charge in [-0.2, -0.15) is 4.39 Å². The third-order valence-corrected chi connectivity index (χ3v) is 4.85. The molecule has 0 atom stereocenters. The number of fused-ring (bicyclic) bond motifs is 1. The fraction of sp³-hybridized carbons (Fsp3) is 0.591. The molecule has 150 valence electrons. The van der Waals surface area contributed by atoms with Crippen molar-refractivity contribution in [1.82, 2.24) is 9.88 Å². The second-order valence-corrected chi connectivity index (χ2v) is 7.49. The van der Waals surface area contributed by atoms with Gasteiger partial charge in [-0.25, -0.2) is 0 Å². The highest BCUT2D eigenvalue weighted by Crippen LogP contribution is 2.31. The Kier molecular flexibility index (Phi) is 8.79. The van der Waals surface area contributed by atoms with Gasteiger partial charge in [0.1, 0.15) is 5.75 Å². The maximum atomic E-state index is 14.3. The van der Waals surface area contributed by atoms with Crippen LogP contribution in [0.25, 0.3) is 10.9 Å². The Hall–Kier alpha value is -1.88. The van der Waals surface area contributed by atoms with Gasteiger partial charge in [0, 0.05) is 23.9 Å². The lowest BCUT2D eigenvalue weighted by Gasteiger charge is -2.10. The maximum Gasteiger partial charge on any atom is 0.311 e. The summed E-state index contributed by atoms with van der Waals surface area (Å²) in [6.45, 7) is 2.93. The number of nitrogens with one attached hydrogen (secondary N) is 1. The lowest BCUT2D eigenvalue weighted by molar-refractivity contribution is -0.134. The molecule has 0 aliphatic carbocycles. The number of aromatic nitrogens is 1. The van der Waals surface area contributed by atoms with Crippen molar-refractivity contribution in [3.8, 4) is 5.75 Å². The van der Waals surface area contributed by atoms with Gasteiger partial charge in [0.2, 0.25) is 0 Å². The van der Waals surface area contributed by atoms with E-state index in [0.29, 0.717) is 35.1 Å². The van der Waals surface area contributed by atoms with E-state index in [0.717, 1.165) is 19.4 Å². The topological polar surface area (TPSA) is 45.3 Å². The molecule has 2 rings (SSSR count). The average molecular weight is 377 g/mol. The molecule has 0 aliphatic rings. The van der Waals surface area contributed by atoms with Gasteiger partial charge in [-0.3, -0.25) is 4.79 Å². The van der Waals surface area contributed by atoms with Gasteiger partial charge in [0.15, 0.2) is 5.95 Å². The van der Waals surface area contributed by atoms with Crippen molar-refractivity contribution < 1.29 is 13.9 Å². The quantitative estimate of drug-likeness (QED) is 0.304. The predicted molar refractivity (Wildman–Crippen MR) is 109 cm³/mol. The van der Waals surface area contributed by atoms with Crippen LogP contribution in [0, 0.1) is 5.95 Å². The van der Waals surface area contributed by atoms with E-state index in [9.17, 15) is 9.18 Å². The van der Waals surface area contributed by atoms with Crippen LogP contribution in [0.2, 0.25) is 0 Å². The number of rotatable bonds is 12. The number of unbranched alkanes of at least 4 members (excludes halogenated alkanes) is 6.